The van der Waals surface area contributed by atoms with Crippen molar-refractivity contribution in [3.63, 3.8) is 0 Å². The Balaban J connectivity index is 2.06. The van der Waals surface area contributed by atoms with E-state index < -0.39 is 21.8 Å². The summed E-state index contributed by atoms with van der Waals surface area (Å²) < 4.78 is 61.2. The van der Waals surface area contributed by atoms with Crippen LogP contribution >= 0.6 is 11.6 Å². The second kappa shape index (κ2) is 6.73. The molecule has 10 heteroatoms. The lowest BCUT2D eigenvalue weighted by Crippen LogP contribution is -2.31. The van der Waals surface area contributed by atoms with Crippen LogP contribution in [-0.4, -0.2) is 13.4 Å². The van der Waals surface area contributed by atoms with Gasteiger partial charge in [0.1, 0.15) is 0 Å². The van der Waals surface area contributed by atoms with Gasteiger partial charge in [0.05, 0.1) is 16.3 Å². The van der Waals surface area contributed by atoms with E-state index in [1.165, 1.54) is 0 Å². The van der Waals surface area contributed by atoms with E-state index in [4.69, 9.17) is 11.6 Å². The maximum atomic E-state index is 12.5. The van der Waals surface area contributed by atoms with Crippen molar-refractivity contribution in [3.05, 3.63) is 58.7 Å². The molecule has 23 heavy (non-hydrogen) atoms. The first-order chi connectivity index (χ1) is 10.7. The largest absolute Gasteiger partial charge is 0.417 e. The number of rotatable bonds is 5. The third kappa shape index (κ3) is 5.08. The topological polar surface area (TPSA) is 71.1 Å². The number of nitrogens with one attached hydrogen (secondary N) is 2. The number of aromatic nitrogens is 1. The molecule has 0 radical (unpaired) electrons. The van der Waals surface area contributed by atoms with Crippen molar-refractivity contribution in [1.82, 2.24) is 9.82 Å². The minimum Gasteiger partial charge on any atom is -0.291 e. The summed E-state index contributed by atoms with van der Waals surface area (Å²) in [5.74, 6) is -0.532. The smallest absolute Gasteiger partial charge is 0.291 e. The van der Waals surface area contributed by atoms with E-state index in [1.54, 1.807) is 30.3 Å². The molecule has 0 bridgehead atoms. The van der Waals surface area contributed by atoms with Crippen molar-refractivity contribution in [2.45, 2.75) is 11.9 Å². The second-order valence-corrected chi connectivity index (χ2v) is 6.65. The zero-order valence-electron chi connectivity index (χ0n) is 11.4. The first-order valence-corrected chi connectivity index (χ1v) is 8.22. The molecule has 2 N–H and O–H groups in total. The highest BCUT2D eigenvalue weighted by molar-refractivity contribution is 7.88. The molecule has 0 spiro atoms. The molecule has 1 heterocycles. The lowest BCUT2D eigenvalue weighted by atomic mass is 10.2. The highest BCUT2D eigenvalue weighted by Crippen LogP contribution is 2.32. The summed E-state index contributed by atoms with van der Waals surface area (Å²) in [7, 11) is -3.77. The van der Waals surface area contributed by atoms with Gasteiger partial charge in [0.15, 0.2) is 5.82 Å². The Labute approximate surface area is 135 Å². The molecule has 0 saturated carbocycles. The number of nitrogens with zero attached hydrogens (tertiary/aromatic N) is 1. The first-order valence-electron chi connectivity index (χ1n) is 6.19. The van der Waals surface area contributed by atoms with E-state index in [0.29, 0.717) is 17.8 Å². The predicted molar refractivity (Wildman–Crippen MR) is 80.1 cm³/mol. The number of alkyl halides is 3. The van der Waals surface area contributed by atoms with Crippen LogP contribution in [0.25, 0.3) is 0 Å². The van der Waals surface area contributed by atoms with Crippen molar-refractivity contribution in [2.75, 3.05) is 5.43 Å². The second-order valence-electron chi connectivity index (χ2n) is 4.52. The van der Waals surface area contributed by atoms with Crippen molar-refractivity contribution in [1.29, 1.82) is 0 Å². The van der Waals surface area contributed by atoms with Crippen molar-refractivity contribution < 1.29 is 21.6 Å². The average molecular weight is 366 g/mol. The third-order valence-electron chi connectivity index (χ3n) is 2.69. The number of benzene rings is 1. The van der Waals surface area contributed by atoms with Crippen LogP contribution in [0, 0.1) is 0 Å². The molecule has 1 aromatic carbocycles. The Bertz CT molecular complexity index is 783. The van der Waals surface area contributed by atoms with Crippen LogP contribution in [0.3, 0.4) is 0 Å². The van der Waals surface area contributed by atoms with Gasteiger partial charge in [0.2, 0.25) is 10.0 Å². The predicted octanol–water partition coefficient (Wildman–Crippen LogP) is 3.20. The number of hydrogen-bond acceptors (Lipinski definition) is 4. The Kier molecular flexibility index (Phi) is 5.12. The number of halogens is 4. The van der Waals surface area contributed by atoms with E-state index >= 15 is 0 Å². The molecule has 0 unspecified atom stereocenters. The maximum absolute atomic E-state index is 12.5. The zero-order chi connectivity index (χ0) is 17.1. The molecule has 0 aliphatic carbocycles. The molecule has 0 aliphatic rings. The lowest BCUT2D eigenvalue weighted by molar-refractivity contribution is -0.137. The molecular formula is C13H11ClF3N3O2S. The van der Waals surface area contributed by atoms with Gasteiger partial charge in [-0.1, -0.05) is 41.9 Å². The number of pyridine rings is 1. The minimum atomic E-state index is -4.58. The summed E-state index contributed by atoms with van der Waals surface area (Å²) in [5.41, 5.74) is 1.73. The van der Waals surface area contributed by atoms with E-state index in [0.717, 1.165) is 0 Å². The molecule has 0 atom stereocenters. The first kappa shape index (κ1) is 17.5. The van der Waals surface area contributed by atoms with E-state index in [2.05, 4.69) is 10.4 Å². The van der Waals surface area contributed by atoms with Crippen molar-refractivity contribution >= 4 is 27.4 Å². The minimum absolute atomic E-state index is 0.226. The van der Waals surface area contributed by atoms with Gasteiger partial charge in [0.25, 0.3) is 0 Å². The van der Waals surface area contributed by atoms with E-state index in [1.807, 2.05) is 4.83 Å². The number of anilines is 1. The van der Waals surface area contributed by atoms with Crippen LogP contribution in [0.2, 0.25) is 5.02 Å². The molecule has 0 aliphatic heterocycles. The summed E-state index contributed by atoms with van der Waals surface area (Å²) in [6.45, 7) is 0. The van der Waals surface area contributed by atoms with Gasteiger partial charge in [-0.05, 0) is 11.6 Å². The Hall–Kier alpha value is -1.84. The number of hydrogen-bond donors (Lipinski definition) is 2. The molecular weight excluding hydrogens is 355 g/mol. The van der Waals surface area contributed by atoms with Gasteiger partial charge in [-0.3, -0.25) is 5.43 Å². The highest BCUT2D eigenvalue weighted by atomic mass is 35.5. The Morgan fingerprint density at radius 2 is 1.83 bits per heavy atom. The molecule has 0 saturated heterocycles. The van der Waals surface area contributed by atoms with Crippen LogP contribution < -0.4 is 10.3 Å². The van der Waals surface area contributed by atoms with Gasteiger partial charge < -0.3 is 0 Å². The van der Waals surface area contributed by atoms with Gasteiger partial charge in [-0.15, -0.1) is 4.83 Å². The van der Waals surface area contributed by atoms with E-state index in [-0.39, 0.29) is 16.6 Å². The molecule has 0 amide bonds. The maximum Gasteiger partial charge on any atom is 0.417 e. The quantitative estimate of drug-likeness (QED) is 0.798. The molecule has 124 valence electrons. The van der Waals surface area contributed by atoms with Crippen molar-refractivity contribution in [3.8, 4) is 0 Å². The van der Waals surface area contributed by atoms with Gasteiger partial charge in [-0.25, -0.2) is 13.4 Å². The number of hydrazine groups is 1. The fourth-order valence-corrected chi connectivity index (χ4v) is 2.81. The van der Waals surface area contributed by atoms with Crippen LogP contribution in [0.1, 0.15) is 11.1 Å². The van der Waals surface area contributed by atoms with Gasteiger partial charge >= 0.3 is 6.18 Å². The fourth-order valence-electron chi connectivity index (χ4n) is 1.64. The van der Waals surface area contributed by atoms with Crippen LogP contribution in [-0.2, 0) is 22.0 Å². The van der Waals surface area contributed by atoms with Crippen LogP contribution in [0.4, 0.5) is 19.0 Å². The summed E-state index contributed by atoms with van der Waals surface area (Å²) in [4.78, 5) is 5.48. The van der Waals surface area contributed by atoms with Gasteiger partial charge in [-0.2, -0.15) is 13.2 Å². The Morgan fingerprint density at radius 1 is 1.17 bits per heavy atom. The summed E-state index contributed by atoms with van der Waals surface area (Å²) >= 11 is 5.66. The molecule has 1 aromatic heterocycles. The SMILES string of the molecule is O=S(=O)(Cc1ccccc1)NNc1ncc(C(F)(F)F)cc1Cl. The zero-order valence-corrected chi connectivity index (χ0v) is 13.0. The van der Waals surface area contributed by atoms with Crippen LogP contribution in [0.5, 0.6) is 0 Å². The molecule has 2 rings (SSSR count). The monoisotopic (exact) mass is 365 g/mol. The fraction of sp³-hybridized carbons (Fsp3) is 0.154. The van der Waals surface area contributed by atoms with Crippen LogP contribution in [0.15, 0.2) is 42.6 Å². The standard InChI is InChI=1S/C13H11ClF3N3O2S/c14-11-6-10(13(15,16)17)7-18-12(11)19-20-23(21,22)8-9-4-2-1-3-5-9/h1-7,20H,8H2,(H,18,19). The molecule has 5 nitrogen and oxygen atoms in total. The normalized spacial score (nSPS) is 12.2. The summed E-state index contributed by atoms with van der Waals surface area (Å²) in [5, 5.41) is -0.359. The highest BCUT2D eigenvalue weighted by Gasteiger charge is 2.31. The molecule has 2 aromatic rings. The number of sulfonamides is 1. The van der Waals surface area contributed by atoms with Gasteiger partial charge in [0, 0.05) is 6.20 Å². The van der Waals surface area contributed by atoms with E-state index in [9.17, 15) is 21.6 Å². The van der Waals surface area contributed by atoms with Crippen molar-refractivity contribution in [2.24, 2.45) is 0 Å². The Morgan fingerprint density at radius 3 is 2.39 bits per heavy atom. The third-order valence-corrected chi connectivity index (χ3v) is 4.11. The molecule has 0 fully saturated rings. The lowest BCUT2D eigenvalue weighted by Gasteiger charge is -2.12. The summed E-state index contributed by atoms with van der Waals surface area (Å²) in [6, 6.07) is 9.03. The average Bonchev–Trinajstić information content (AvgIpc) is 2.45. The summed E-state index contributed by atoms with van der Waals surface area (Å²) in [6.07, 6.45) is -4.03.